The van der Waals surface area contributed by atoms with Gasteiger partial charge >= 0.3 is 5.97 Å². The fourth-order valence-electron chi connectivity index (χ4n) is 8.52. The quantitative estimate of drug-likeness (QED) is 0.316. The van der Waals surface area contributed by atoms with Gasteiger partial charge in [0.1, 0.15) is 17.2 Å². The van der Waals surface area contributed by atoms with Crippen molar-refractivity contribution >= 4 is 40.2 Å². The summed E-state index contributed by atoms with van der Waals surface area (Å²) in [4.78, 5) is 39.9. The van der Waals surface area contributed by atoms with Crippen LogP contribution >= 0.6 is 23.4 Å². The largest absolute Gasteiger partial charge is 0.506 e. The second kappa shape index (κ2) is 11.5. The van der Waals surface area contributed by atoms with Crippen molar-refractivity contribution in [2.75, 3.05) is 5.75 Å². The molecule has 0 aromatic heterocycles. The average Bonchev–Trinajstić information content (AvgIpc) is 3.31. The number of thioether (sulfide) groups is 1. The molecular weight excluding hydrogens is 633 g/mol. The fraction of sp³-hybridized carbons (Fsp3) is 0.429. The van der Waals surface area contributed by atoms with E-state index in [9.17, 15) is 29.9 Å². The van der Waals surface area contributed by atoms with Crippen molar-refractivity contribution in [1.29, 1.82) is 5.26 Å². The summed E-state index contributed by atoms with van der Waals surface area (Å²) < 4.78 is 29.5. The van der Waals surface area contributed by atoms with Gasteiger partial charge in [-0.2, -0.15) is 5.26 Å². The molecule has 8 nitrogen and oxygen atoms in total. The zero-order valence-corrected chi connectivity index (χ0v) is 26.9. The molecule has 0 aliphatic heterocycles. The number of allylic oxidation sites excluding steroid dienone is 4. The molecule has 0 spiro atoms. The number of ketones is 1. The van der Waals surface area contributed by atoms with Gasteiger partial charge in [0.15, 0.2) is 17.1 Å². The minimum absolute atomic E-state index is 0.0874. The number of rotatable bonds is 6. The maximum atomic E-state index is 17.6. The van der Waals surface area contributed by atoms with E-state index in [1.54, 1.807) is 32.1 Å². The maximum absolute atomic E-state index is 17.6. The minimum atomic E-state index is -2.10. The predicted molar refractivity (Wildman–Crippen MR) is 169 cm³/mol. The van der Waals surface area contributed by atoms with E-state index in [0.717, 1.165) is 11.8 Å². The lowest BCUT2D eigenvalue weighted by Crippen LogP contribution is -2.69. The van der Waals surface area contributed by atoms with Crippen molar-refractivity contribution in [2.45, 2.75) is 63.3 Å². The number of phenolic OH excluding ortho intramolecular Hbond substituents is 1. The molecule has 2 N–H and O–H groups in total. The molecule has 240 valence electrons. The van der Waals surface area contributed by atoms with Crippen LogP contribution in [-0.4, -0.2) is 50.2 Å². The number of halogens is 2. The lowest BCUT2D eigenvalue weighted by atomic mass is 9.45. The van der Waals surface area contributed by atoms with Crippen LogP contribution in [0.15, 0.2) is 66.3 Å². The number of carbonyl (C=O) groups is 3. The van der Waals surface area contributed by atoms with Crippen LogP contribution in [0, 0.1) is 34.0 Å². The van der Waals surface area contributed by atoms with Crippen LogP contribution in [0.3, 0.4) is 0 Å². The normalized spacial score (nSPS) is 34.4. The highest BCUT2D eigenvalue weighted by Crippen LogP contribution is 2.70. The third kappa shape index (κ3) is 4.78. The summed E-state index contributed by atoms with van der Waals surface area (Å²) >= 11 is 6.72. The number of ether oxygens (including phenoxy) is 2. The van der Waals surface area contributed by atoms with Gasteiger partial charge in [-0.25, -0.2) is 9.18 Å². The molecule has 6 rings (SSSR count). The van der Waals surface area contributed by atoms with Gasteiger partial charge in [-0.1, -0.05) is 41.9 Å². The molecule has 3 saturated carbocycles. The first-order valence-corrected chi connectivity index (χ1v) is 16.5. The second-order valence-corrected chi connectivity index (χ2v) is 14.3. The first kappa shape index (κ1) is 32.3. The monoisotopic (exact) mass is 665 g/mol. The van der Waals surface area contributed by atoms with E-state index < -0.39 is 51.1 Å². The molecule has 0 radical (unpaired) electrons. The number of fused-ring (bicyclic) bond motifs is 5. The Balaban J connectivity index is 1.31. The molecule has 7 unspecified atom stereocenters. The first-order valence-electron chi connectivity index (χ1n) is 15.1. The summed E-state index contributed by atoms with van der Waals surface area (Å²) in [6.07, 6.45) is 4.07. The molecule has 7 atom stereocenters. The zero-order chi connectivity index (χ0) is 33.1. The highest BCUT2D eigenvalue weighted by Gasteiger charge is 2.75. The van der Waals surface area contributed by atoms with Gasteiger partial charge in [-0.3, -0.25) is 9.59 Å². The Morgan fingerprint density at radius 1 is 1.13 bits per heavy atom. The number of alkyl halides is 1. The van der Waals surface area contributed by atoms with Crippen molar-refractivity contribution in [3.63, 3.8) is 0 Å². The molecule has 4 aliphatic rings. The highest BCUT2D eigenvalue weighted by atomic mass is 35.5. The number of aliphatic hydroxyl groups excluding tert-OH is 1. The van der Waals surface area contributed by atoms with Gasteiger partial charge in [-0.15, -0.1) is 0 Å². The van der Waals surface area contributed by atoms with E-state index in [-0.39, 0.29) is 40.7 Å². The number of aliphatic hydroxyl groups is 1. The van der Waals surface area contributed by atoms with Crippen LogP contribution in [0.1, 0.15) is 56.3 Å². The number of phenols is 1. The standard InChI is InChI=1S/C35H33ClFNO7S/c1-32-13-11-22(39)17-21(32)5-9-26-25-12-14-34(31(43)46-16-15-38,33(25,2)19-29(41)35(26,32)37)45-30(42)20-3-6-23(7-4-20)44-24-8-10-28(40)27(36)18-24/h3-4,6-8,10-11,13,17-18,25-26,29,40-41H,5,9,12,14,16,19H2,1-2H3. The third-order valence-corrected chi connectivity index (χ3v) is 12.0. The number of carbonyl (C=O) groups excluding carboxylic acids is 3. The van der Waals surface area contributed by atoms with Gasteiger partial charge in [-0.05, 0) is 93.5 Å². The van der Waals surface area contributed by atoms with E-state index in [0.29, 0.717) is 36.3 Å². The summed E-state index contributed by atoms with van der Waals surface area (Å²) in [6, 6.07) is 12.4. The van der Waals surface area contributed by atoms with Crippen LogP contribution in [0.25, 0.3) is 0 Å². The molecule has 3 fully saturated rings. The highest BCUT2D eigenvalue weighted by molar-refractivity contribution is 8.14. The Labute approximate surface area is 275 Å². The zero-order valence-electron chi connectivity index (χ0n) is 25.3. The molecule has 2 aromatic rings. The van der Waals surface area contributed by atoms with Crippen LogP contribution in [0.4, 0.5) is 4.39 Å². The first-order chi connectivity index (χ1) is 21.8. The Morgan fingerprint density at radius 3 is 2.54 bits per heavy atom. The van der Waals surface area contributed by atoms with Crippen molar-refractivity contribution in [1.82, 2.24) is 0 Å². The Kier molecular flexibility index (Phi) is 8.11. The molecule has 4 aliphatic carbocycles. The minimum Gasteiger partial charge on any atom is -0.506 e. The number of hydrogen-bond donors (Lipinski definition) is 2. The number of hydrogen-bond acceptors (Lipinski definition) is 9. The number of benzene rings is 2. The Morgan fingerprint density at radius 2 is 1.85 bits per heavy atom. The van der Waals surface area contributed by atoms with Crippen LogP contribution < -0.4 is 4.74 Å². The summed E-state index contributed by atoms with van der Waals surface area (Å²) in [5.74, 6) is -1.55. The van der Waals surface area contributed by atoms with Gasteiger partial charge in [0.25, 0.3) is 0 Å². The topological polar surface area (TPSA) is 134 Å². The lowest BCUT2D eigenvalue weighted by Gasteiger charge is -2.62. The van der Waals surface area contributed by atoms with E-state index in [1.807, 2.05) is 6.07 Å². The molecule has 2 aromatic carbocycles. The molecular formula is C35H33ClFNO7S. The Bertz CT molecular complexity index is 1720. The van der Waals surface area contributed by atoms with Crippen molar-refractivity contribution in [2.24, 2.45) is 22.7 Å². The van der Waals surface area contributed by atoms with Gasteiger partial charge in [0.05, 0.1) is 28.5 Å². The fourth-order valence-corrected chi connectivity index (χ4v) is 9.50. The van der Waals surface area contributed by atoms with Crippen molar-refractivity contribution < 1.29 is 38.5 Å². The van der Waals surface area contributed by atoms with E-state index in [2.05, 4.69) is 0 Å². The van der Waals surface area contributed by atoms with Crippen LogP contribution in [-0.2, 0) is 14.3 Å². The van der Waals surface area contributed by atoms with E-state index >= 15 is 4.39 Å². The second-order valence-electron chi connectivity index (χ2n) is 13.0. The third-order valence-electron chi connectivity index (χ3n) is 10.9. The molecule has 0 amide bonds. The summed E-state index contributed by atoms with van der Waals surface area (Å²) in [5.41, 5.74) is -5.34. The van der Waals surface area contributed by atoms with Gasteiger partial charge in [0.2, 0.25) is 5.12 Å². The van der Waals surface area contributed by atoms with E-state index in [4.69, 9.17) is 21.1 Å². The number of esters is 1. The molecule has 46 heavy (non-hydrogen) atoms. The molecule has 0 saturated heterocycles. The van der Waals surface area contributed by atoms with Crippen molar-refractivity contribution in [3.05, 3.63) is 76.9 Å². The molecule has 11 heteroatoms. The lowest BCUT2D eigenvalue weighted by molar-refractivity contribution is -0.214. The van der Waals surface area contributed by atoms with Gasteiger partial charge < -0.3 is 19.7 Å². The van der Waals surface area contributed by atoms with Crippen LogP contribution in [0.5, 0.6) is 17.2 Å². The number of nitrogens with zero attached hydrogens (tertiary/aromatic N) is 1. The summed E-state index contributed by atoms with van der Waals surface area (Å²) in [7, 11) is 0. The van der Waals surface area contributed by atoms with E-state index in [1.165, 1.54) is 42.5 Å². The number of nitriles is 1. The van der Waals surface area contributed by atoms with Crippen LogP contribution in [0.2, 0.25) is 5.02 Å². The molecule has 0 bridgehead atoms. The summed E-state index contributed by atoms with van der Waals surface area (Å²) in [6.45, 7) is 3.51. The summed E-state index contributed by atoms with van der Waals surface area (Å²) in [5, 5.41) is 30.2. The average molecular weight is 666 g/mol. The Hall–Kier alpha value is -3.65. The number of aromatic hydroxyl groups is 1. The predicted octanol–water partition coefficient (Wildman–Crippen LogP) is 6.89. The smallest absolute Gasteiger partial charge is 0.339 e. The van der Waals surface area contributed by atoms with Crippen molar-refractivity contribution in [3.8, 4) is 23.3 Å². The maximum Gasteiger partial charge on any atom is 0.339 e. The SMILES string of the molecule is CC12C=CC(=O)C=C1CCC1C3CCC(OC(=O)c4ccc(Oc5ccc(O)c(Cl)c5)cc4)(C(=O)SCC#N)C3(C)CC(O)C12F. The molecule has 0 heterocycles. The van der Waals surface area contributed by atoms with Gasteiger partial charge in [0, 0.05) is 22.8 Å².